The first-order valence-corrected chi connectivity index (χ1v) is 9.02. The minimum Gasteiger partial charge on any atom is -0.496 e. The van der Waals surface area contributed by atoms with Crippen LogP contribution in [0.2, 0.25) is 0 Å². The molecule has 0 saturated heterocycles. The zero-order valence-electron chi connectivity index (χ0n) is 15.8. The fraction of sp³-hybridized carbons (Fsp3) is 0.650. The molecule has 2 rings (SSSR count). The van der Waals surface area contributed by atoms with Crippen LogP contribution in [0.25, 0.3) is 0 Å². The van der Waals surface area contributed by atoms with Crippen LogP contribution in [0, 0.1) is 19.8 Å². The quantitative estimate of drug-likeness (QED) is 0.867. The first kappa shape index (κ1) is 18.8. The van der Waals surface area contributed by atoms with E-state index in [-0.39, 0.29) is 5.91 Å². The Bertz CT molecular complexity index is 548. The molecule has 0 heterocycles. The number of carbonyl (C=O) groups is 1. The number of amides is 1. The third kappa shape index (κ3) is 4.97. The SMILES string of the molecule is COc1c(C)cc(CN(C)CC(=O)NC2CCCCC2C)cc1C. The summed E-state index contributed by atoms with van der Waals surface area (Å²) in [6, 6.07) is 4.64. The van der Waals surface area contributed by atoms with Crippen molar-refractivity contribution in [3.63, 3.8) is 0 Å². The van der Waals surface area contributed by atoms with Crippen molar-refractivity contribution in [3.8, 4) is 5.75 Å². The molecule has 0 aromatic heterocycles. The highest BCUT2D eigenvalue weighted by atomic mass is 16.5. The highest BCUT2D eigenvalue weighted by molar-refractivity contribution is 5.78. The molecule has 2 unspecified atom stereocenters. The molecule has 1 aliphatic rings. The van der Waals surface area contributed by atoms with Crippen LogP contribution in [0.5, 0.6) is 5.75 Å². The Morgan fingerprint density at radius 1 is 1.25 bits per heavy atom. The van der Waals surface area contributed by atoms with Gasteiger partial charge in [-0.05, 0) is 56.3 Å². The summed E-state index contributed by atoms with van der Waals surface area (Å²) in [6.45, 7) is 7.57. The zero-order chi connectivity index (χ0) is 17.7. The van der Waals surface area contributed by atoms with Crippen LogP contribution >= 0.6 is 0 Å². The van der Waals surface area contributed by atoms with Crippen LogP contribution in [-0.4, -0.2) is 37.6 Å². The van der Waals surface area contributed by atoms with Crippen molar-refractivity contribution >= 4 is 5.91 Å². The van der Waals surface area contributed by atoms with E-state index >= 15 is 0 Å². The molecule has 24 heavy (non-hydrogen) atoms. The molecule has 0 aliphatic heterocycles. The number of nitrogens with one attached hydrogen (secondary N) is 1. The first-order chi connectivity index (χ1) is 11.4. The highest BCUT2D eigenvalue weighted by Crippen LogP contribution is 2.25. The second-order valence-corrected chi connectivity index (χ2v) is 7.37. The fourth-order valence-electron chi connectivity index (χ4n) is 3.85. The third-order valence-electron chi connectivity index (χ3n) is 5.05. The number of likely N-dealkylation sites (N-methyl/N-ethyl adjacent to an activating group) is 1. The Morgan fingerprint density at radius 2 is 1.88 bits per heavy atom. The van der Waals surface area contributed by atoms with Gasteiger partial charge in [0.15, 0.2) is 0 Å². The third-order valence-corrected chi connectivity index (χ3v) is 5.05. The molecule has 134 valence electrons. The number of aryl methyl sites for hydroxylation is 2. The van der Waals surface area contributed by atoms with E-state index in [0.717, 1.165) is 29.8 Å². The summed E-state index contributed by atoms with van der Waals surface area (Å²) >= 11 is 0. The number of ether oxygens (including phenoxy) is 1. The van der Waals surface area contributed by atoms with Gasteiger partial charge in [0.25, 0.3) is 0 Å². The number of benzene rings is 1. The Kier molecular flexibility index (Phi) is 6.67. The number of carbonyl (C=O) groups excluding carboxylic acids is 1. The maximum Gasteiger partial charge on any atom is 0.234 e. The molecule has 0 spiro atoms. The topological polar surface area (TPSA) is 41.6 Å². The van der Waals surface area contributed by atoms with Gasteiger partial charge >= 0.3 is 0 Å². The van der Waals surface area contributed by atoms with Gasteiger partial charge in [0.1, 0.15) is 5.75 Å². The lowest BCUT2D eigenvalue weighted by Gasteiger charge is -2.30. The standard InChI is InChI=1S/C20H32N2O2/c1-14-8-6-7-9-18(14)21-19(23)13-22(4)12-17-10-15(2)20(24-5)16(3)11-17/h10-11,14,18H,6-9,12-13H2,1-5H3,(H,21,23). The van der Waals surface area contributed by atoms with Crippen molar-refractivity contribution in [2.45, 2.75) is 59.0 Å². The van der Waals surface area contributed by atoms with Gasteiger partial charge in [-0.25, -0.2) is 0 Å². The van der Waals surface area contributed by atoms with Crippen LogP contribution in [0.1, 0.15) is 49.3 Å². The lowest BCUT2D eigenvalue weighted by Crippen LogP contribution is -2.44. The summed E-state index contributed by atoms with van der Waals surface area (Å²) in [5.74, 6) is 1.68. The van der Waals surface area contributed by atoms with Crippen LogP contribution in [0.3, 0.4) is 0 Å². The zero-order valence-corrected chi connectivity index (χ0v) is 15.8. The van der Waals surface area contributed by atoms with Gasteiger partial charge in [-0.2, -0.15) is 0 Å². The summed E-state index contributed by atoms with van der Waals surface area (Å²) in [5, 5.41) is 3.23. The van der Waals surface area contributed by atoms with Crippen molar-refractivity contribution in [3.05, 3.63) is 28.8 Å². The summed E-state index contributed by atoms with van der Waals surface area (Å²) in [6.07, 6.45) is 4.87. The molecule has 1 aliphatic carbocycles. The average Bonchev–Trinajstić information content (AvgIpc) is 2.49. The molecule has 1 aromatic carbocycles. The summed E-state index contributed by atoms with van der Waals surface area (Å²) < 4.78 is 5.42. The smallest absolute Gasteiger partial charge is 0.234 e. The summed E-state index contributed by atoms with van der Waals surface area (Å²) in [5.41, 5.74) is 3.50. The predicted octanol–water partition coefficient (Wildman–Crippen LogP) is 3.44. The highest BCUT2D eigenvalue weighted by Gasteiger charge is 2.23. The number of hydrogen-bond acceptors (Lipinski definition) is 3. The van der Waals surface area contributed by atoms with E-state index < -0.39 is 0 Å². The molecular formula is C20H32N2O2. The molecule has 4 heteroatoms. The maximum absolute atomic E-state index is 12.3. The van der Waals surface area contributed by atoms with Gasteiger partial charge in [0, 0.05) is 12.6 Å². The Morgan fingerprint density at radius 3 is 2.46 bits per heavy atom. The predicted molar refractivity (Wildman–Crippen MR) is 98.4 cm³/mol. The molecule has 1 saturated carbocycles. The van der Waals surface area contributed by atoms with Crippen LogP contribution in [0.15, 0.2) is 12.1 Å². The average molecular weight is 332 g/mol. The first-order valence-electron chi connectivity index (χ1n) is 9.02. The second kappa shape index (κ2) is 8.52. The normalized spacial score (nSPS) is 20.9. The molecule has 0 bridgehead atoms. The number of hydrogen-bond donors (Lipinski definition) is 1. The minimum absolute atomic E-state index is 0.137. The molecule has 4 nitrogen and oxygen atoms in total. The van der Waals surface area contributed by atoms with Crippen molar-refractivity contribution in [1.29, 1.82) is 0 Å². The van der Waals surface area contributed by atoms with Crippen LogP contribution in [0.4, 0.5) is 0 Å². The molecule has 1 amide bonds. The monoisotopic (exact) mass is 332 g/mol. The van der Waals surface area contributed by atoms with Gasteiger partial charge in [-0.1, -0.05) is 31.9 Å². The van der Waals surface area contributed by atoms with E-state index in [1.165, 1.54) is 24.8 Å². The van der Waals surface area contributed by atoms with E-state index in [4.69, 9.17) is 4.74 Å². The summed E-state index contributed by atoms with van der Waals surface area (Å²) in [4.78, 5) is 14.4. The summed E-state index contributed by atoms with van der Waals surface area (Å²) in [7, 11) is 3.70. The number of nitrogens with zero attached hydrogens (tertiary/aromatic N) is 1. The maximum atomic E-state index is 12.3. The Labute approximate surface area is 146 Å². The van der Waals surface area contributed by atoms with E-state index in [1.54, 1.807) is 7.11 Å². The molecule has 1 fully saturated rings. The molecule has 2 atom stereocenters. The van der Waals surface area contributed by atoms with Crippen molar-refractivity contribution < 1.29 is 9.53 Å². The number of rotatable bonds is 6. The molecule has 0 radical (unpaired) electrons. The molecular weight excluding hydrogens is 300 g/mol. The van der Waals surface area contributed by atoms with Crippen LogP contribution in [-0.2, 0) is 11.3 Å². The number of methoxy groups -OCH3 is 1. The second-order valence-electron chi connectivity index (χ2n) is 7.37. The van der Waals surface area contributed by atoms with Gasteiger partial charge < -0.3 is 10.1 Å². The van der Waals surface area contributed by atoms with Crippen molar-refractivity contribution in [2.24, 2.45) is 5.92 Å². The van der Waals surface area contributed by atoms with Gasteiger partial charge in [0.2, 0.25) is 5.91 Å². The van der Waals surface area contributed by atoms with Gasteiger partial charge in [-0.3, -0.25) is 9.69 Å². The van der Waals surface area contributed by atoms with E-state index in [9.17, 15) is 4.79 Å². The van der Waals surface area contributed by atoms with E-state index in [2.05, 4.69) is 43.1 Å². The van der Waals surface area contributed by atoms with E-state index in [1.807, 2.05) is 7.05 Å². The van der Waals surface area contributed by atoms with Gasteiger partial charge in [0.05, 0.1) is 13.7 Å². The minimum atomic E-state index is 0.137. The molecule has 1 aromatic rings. The van der Waals surface area contributed by atoms with Gasteiger partial charge in [-0.15, -0.1) is 0 Å². The molecule has 1 N–H and O–H groups in total. The van der Waals surface area contributed by atoms with Crippen LogP contribution < -0.4 is 10.1 Å². The Hall–Kier alpha value is -1.55. The Balaban J connectivity index is 1.88. The fourth-order valence-corrected chi connectivity index (χ4v) is 3.85. The lowest BCUT2D eigenvalue weighted by atomic mass is 9.86. The van der Waals surface area contributed by atoms with Crippen molar-refractivity contribution in [1.82, 2.24) is 10.2 Å². The lowest BCUT2D eigenvalue weighted by molar-refractivity contribution is -0.123. The largest absolute Gasteiger partial charge is 0.496 e. The van der Waals surface area contributed by atoms with Crippen molar-refractivity contribution in [2.75, 3.05) is 20.7 Å². The van der Waals surface area contributed by atoms with E-state index in [0.29, 0.717) is 18.5 Å².